The number of nitrogens with one attached hydrogen (secondary N) is 1. The number of nitrogens with zero attached hydrogens (tertiary/aromatic N) is 3. The van der Waals surface area contributed by atoms with Gasteiger partial charge >= 0.3 is 0 Å². The van der Waals surface area contributed by atoms with Crippen molar-refractivity contribution in [2.75, 3.05) is 0 Å². The third kappa shape index (κ3) is 3.03. The molecule has 23 heavy (non-hydrogen) atoms. The number of fused-ring (bicyclic) bond motifs is 1. The maximum atomic E-state index is 12.3. The Morgan fingerprint density at radius 3 is 2.78 bits per heavy atom. The monoisotopic (exact) mass is 328 g/mol. The van der Waals surface area contributed by atoms with Crippen LogP contribution in [0, 0.1) is 13.8 Å². The smallest absolute Gasteiger partial charge is 0.262 e. The van der Waals surface area contributed by atoms with Gasteiger partial charge in [-0.1, -0.05) is 31.7 Å². The molecule has 1 aromatic carbocycles. The van der Waals surface area contributed by atoms with Crippen molar-refractivity contribution in [2.24, 2.45) is 0 Å². The summed E-state index contributed by atoms with van der Waals surface area (Å²) in [5, 5.41) is 5.91. The minimum absolute atomic E-state index is 0.143. The van der Waals surface area contributed by atoms with Crippen LogP contribution in [0.3, 0.4) is 0 Å². The first-order valence-electron chi connectivity index (χ1n) is 7.72. The number of aromatic nitrogens is 4. The molecule has 0 aliphatic heterocycles. The van der Waals surface area contributed by atoms with Crippen LogP contribution in [-0.2, 0) is 0 Å². The minimum atomic E-state index is -0.143. The second-order valence-electron chi connectivity index (χ2n) is 5.77. The molecule has 1 N–H and O–H groups in total. The van der Waals surface area contributed by atoms with E-state index >= 15 is 0 Å². The lowest BCUT2D eigenvalue weighted by Crippen LogP contribution is -2.11. The highest BCUT2D eigenvalue weighted by atomic mass is 32.2. The summed E-state index contributed by atoms with van der Waals surface area (Å²) in [6.45, 7) is 8.38. The molecule has 0 saturated heterocycles. The Balaban J connectivity index is 2.14. The topological polar surface area (TPSA) is 63.6 Å². The van der Waals surface area contributed by atoms with E-state index in [9.17, 15) is 4.79 Å². The van der Waals surface area contributed by atoms with Crippen molar-refractivity contribution in [1.82, 2.24) is 19.7 Å². The molecule has 3 rings (SSSR count). The number of benzene rings is 1. The molecular weight excluding hydrogens is 308 g/mol. The van der Waals surface area contributed by atoms with Crippen LogP contribution < -0.4 is 5.56 Å². The Kier molecular flexibility index (Phi) is 4.26. The second kappa shape index (κ2) is 6.20. The normalized spacial score (nSPS) is 12.7. The van der Waals surface area contributed by atoms with Crippen molar-refractivity contribution in [1.29, 1.82) is 0 Å². The summed E-state index contributed by atoms with van der Waals surface area (Å²) in [7, 11) is 0. The van der Waals surface area contributed by atoms with Crippen LogP contribution >= 0.6 is 11.8 Å². The van der Waals surface area contributed by atoms with Gasteiger partial charge < -0.3 is 4.98 Å². The Hall–Kier alpha value is -2.08. The molecule has 120 valence electrons. The van der Waals surface area contributed by atoms with Gasteiger partial charge in [-0.25, -0.2) is 9.67 Å². The van der Waals surface area contributed by atoms with Gasteiger partial charge in [0.1, 0.15) is 5.39 Å². The second-order valence-corrected chi connectivity index (χ2v) is 7.20. The van der Waals surface area contributed by atoms with Crippen molar-refractivity contribution in [3.8, 4) is 5.69 Å². The Bertz CT molecular complexity index is 913. The van der Waals surface area contributed by atoms with E-state index < -0.39 is 0 Å². The van der Waals surface area contributed by atoms with Gasteiger partial charge in [0.25, 0.3) is 5.56 Å². The molecule has 2 heterocycles. The van der Waals surface area contributed by atoms with Gasteiger partial charge in [0.05, 0.1) is 11.9 Å². The Labute approximate surface area is 139 Å². The summed E-state index contributed by atoms with van der Waals surface area (Å²) in [4.78, 5) is 19.7. The van der Waals surface area contributed by atoms with Gasteiger partial charge in [-0.2, -0.15) is 5.10 Å². The molecule has 6 heteroatoms. The first-order valence-corrected chi connectivity index (χ1v) is 8.60. The lowest BCUT2D eigenvalue weighted by Gasteiger charge is -2.09. The third-order valence-electron chi connectivity index (χ3n) is 4.04. The number of aryl methyl sites for hydroxylation is 2. The fraction of sp³-hybridized carbons (Fsp3) is 0.353. The number of H-pyrrole nitrogens is 1. The summed E-state index contributed by atoms with van der Waals surface area (Å²) in [5.41, 5.74) is 3.79. The van der Waals surface area contributed by atoms with Crippen molar-refractivity contribution < 1.29 is 0 Å². The fourth-order valence-electron chi connectivity index (χ4n) is 2.27. The molecule has 0 amide bonds. The summed E-state index contributed by atoms with van der Waals surface area (Å²) in [6, 6.07) is 6.12. The van der Waals surface area contributed by atoms with E-state index in [1.165, 1.54) is 11.1 Å². The zero-order valence-corrected chi connectivity index (χ0v) is 14.6. The molecule has 0 aliphatic carbocycles. The molecule has 3 aromatic rings. The number of hydrogen-bond donors (Lipinski definition) is 1. The highest BCUT2D eigenvalue weighted by molar-refractivity contribution is 7.99. The van der Waals surface area contributed by atoms with Gasteiger partial charge in [-0.15, -0.1) is 0 Å². The van der Waals surface area contributed by atoms with Gasteiger partial charge in [-0.3, -0.25) is 4.79 Å². The van der Waals surface area contributed by atoms with Crippen LogP contribution in [0.5, 0.6) is 0 Å². The summed E-state index contributed by atoms with van der Waals surface area (Å²) < 4.78 is 1.73. The van der Waals surface area contributed by atoms with Crippen LogP contribution in [0.25, 0.3) is 16.7 Å². The zero-order valence-electron chi connectivity index (χ0n) is 13.8. The standard InChI is InChI=1S/C17H20N4OS/c1-5-12(4)23-17-19-15-14(16(22)20-17)9-18-21(15)13-7-6-10(2)11(3)8-13/h6-9,12H,5H2,1-4H3,(H,19,20,22)/t12-/m1/s1. The Morgan fingerprint density at radius 2 is 2.09 bits per heavy atom. The SMILES string of the molecule is CC[C@@H](C)Sc1nc2c(cnn2-c2ccc(C)c(C)c2)c(=O)[nH]1. The first kappa shape index (κ1) is 15.8. The number of rotatable bonds is 4. The van der Waals surface area contributed by atoms with E-state index in [1.807, 2.05) is 6.07 Å². The number of hydrogen-bond acceptors (Lipinski definition) is 4. The van der Waals surface area contributed by atoms with E-state index in [0.29, 0.717) is 21.4 Å². The molecule has 0 fully saturated rings. The fourth-order valence-corrected chi connectivity index (χ4v) is 3.11. The van der Waals surface area contributed by atoms with Gasteiger partial charge in [0.15, 0.2) is 10.8 Å². The average molecular weight is 328 g/mol. The number of thioether (sulfide) groups is 1. The van der Waals surface area contributed by atoms with Crippen LogP contribution in [0.2, 0.25) is 0 Å². The lowest BCUT2D eigenvalue weighted by atomic mass is 10.1. The van der Waals surface area contributed by atoms with E-state index in [-0.39, 0.29) is 5.56 Å². The van der Waals surface area contributed by atoms with Gasteiger partial charge in [0, 0.05) is 5.25 Å². The highest BCUT2D eigenvalue weighted by Crippen LogP contribution is 2.23. The Morgan fingerprint density at radius 1 is 1.30 bits per heavy atom. The molecule has 0 saturated carbocycles. The molecule has 0 radical (unpaired) electrons. The van der Waals surface area contributed by atoms with Crippen LogP contribution in [0.15, 0.2) is 34.3 Å². The predicted octanol–water partition coefficient (Wildman–Crippen LogP) is 3.62. The van der Waals surface area contributed by atoms with E-state index in [1.54, 1.807) is 22.6 Å². The molecule has 2 aromatic heterocycles. The summed E-state index contributed by atoms with van der Waals surface area (Å²) >= 11 is 1.58. The molecule has 0 aliphatic rings. The average Bonchev–Trinajstić information content (AvgIpc) is 2.94. The molecule has 5 nitrogen and oxygen atoms in total. The summed E-state index contributed by atoms with van der Waals surface area (Å²) in [5.74, 6) is 0. The van der Waals surface area contributed by atoms with E-state index in [2.05, 4.69) is 54.9 Å². The molecule has 0 unspecified atom stereocenters. The lowest BCUT2D eigenvalue weighted by molar-refractivity contribution is 0.859. The molecular formula is C17H20N4OS. The highest BCUT2D eigenvalue weighted by Gasteiger charge is 2.13. The quantitative estimate of drug-likeness (QED) is 0.587. The van der Waals surface area contributed by atoms with Gasteiger partial charge in [0.2, 0.25) is 0 Å². The van der Waals surface area contributed by atoms with Crippen molar-refractivity contribution in [3.05, 3.63) is 45.9 Å². The van der Waals surface area contributed by atoms with Crippen molar-refractivity contribution in [3.63, 3.8) is 0 Å². The first-order chi connectivity index (χ1) is 11.0. The van der Waals surface area contributed by atoms with Crippen LogP contribution in [0.1, 0.15) is 31.4 Å². The van der Waals surface area contributed by atoms with Crippen molar-refractivity contribution in [2.45, 2.75) is 44.5 Å². The minimum Gasteiger partial charge on any atom is -0.301 e. The zero-order chi connectivity index (χ0) is 16.6. The molecule has 1 atom stereocenters. The molecule has 0 bridgehead atoms. The largest absolute Gasteiger partial charge is 0.301 e. The number of aromatic amines is 1. The third-order valence-corrected chi connectivity index (χ3v) is 5.19. The predicted molar refractivity (Wildman–Crippen MR) is 94.6 cm³/mol. The maximum Gasteiger partial charge on any atom is 0.262 e. The maximum absolute atomic E-state index is 12.3. The van der Waals surface area contributed by atoms with E-state index in [4.69, 9.17) is 0 Å². The van der Waals surface area contributed by atoms with Crippen LogP contribution in [0.4, 0.5) is 0 Å². The van der Waals surface area contributed by atoms with E-state index in [0.717, 1.165) is 12.1 Å². The molecule has 0 spiro atoms. The van der Waals surface area contributed by atoms with Crippen LogP contribution in [-0.4, -0.2) is 25.0 Å². The van der Waals surface area contributed by atoms with Crippen molar-refractivity contribution >= 4 is 22.8 Å². The van der Waals surface area contributed by atoms with Gasteiger partial charge in [-0.05, 0) is 43.5 Å². The summed E-state index contributed by atoms with van der Waals surface area (Å²) in [6.07, 6.45) is 2.59.